The number of hydrogen-bond donors (Lipinski definition) is 1. The third kappa shape index (κ3) is 3.83. The van der Waals surface area contributed by atoms with Gasteiger partial charge < -0.3 is 10.0 Å². The minimum atomic E-state index is -0.338. The average Bonchev–Trinajstić information content (AvgIpc) is 2.40. The monoisotopic (exact) mass is 275 g/mol. The van der Waals surface area contributed by atoms with Crippen molar-refractivity contribution in [2.24, 2.45) is 11.8 Å². The van der Waals surface area contributed by atoms with Crippen LogP contribution in [0.3, 0.4) is 0 Å². The fourth-order valence-corrected chi connectivity index (χ4v) is 3.46. The smallest absolute Gasteiger partial charge is 0.0802 e. The Balaban J connectivity index is 1.91. The zero-order valence-corrected chi connectivity index (χ0v) is 13.3. The molecule has 1 aromatic carbocycles. The summed E-state index contributed by atoms with van der Waals surface area (Å²) in [6, 6.07) is 8.86. The number of rotatable bonds is 4. The van der Waals surface area contributed by atoms with E-state index in [2.05, 4.69) is 44.7 Å². The predicted octanol–water partition coefficient (Wildman–Crippen LogP) is 3.78. The van der Waals surface area contributed by atoms with Crippen molar-refractivity contribution in [3.05, 3.63) is 35.4 Å². The molecule has 0 aliphatic carbocycles. The van der Waals surface area contributed by atoms with Crippen LogP contribution in [0, 0.1) is 18.8 Å². The zero-order chi connectivity index (χ0) is 14.7. The van der Waals surface area contributed by atoms with Crippen LogP contribution in [-0.2, 0) is 0 Å². The lowest BCUT2D eigenvalue weighted by Crippen LogP contribution is -2.46. The molecular weight excluding hydrogens is 246 g/mol. The van der Waals surface area contributed by atoms with Gasteiger partial charge in [-0.15, -0.1) is 0 Å². The molecule has 1 saturated heterocycles. The standard InChI is InChI=1S/C18H29NO/c1-13-6-5-7-17(11-13)18(20)8-9-19-12-14(2)10-15(3)16(19)4/h5-7,11,14-16,18,20H,8-10,12H2,1-4H3. The Kier molecular flexibility index (Phi) is 5.22. The van der Waals surface area contributed by atoms with E-state index in [1.807, 2.05) is 12.1 Å². The number of aliphatic hydroxyl groups excluding tert-OH is 1. The van der Waals surface area contributed by atoms with E-state index in [4.69, 9.17) is 0 Å². The summed E-state index contributed by atoms with van der Waals surface area (Å²) in [5, 5.41) is 10.4. The molecule has 1 heterocycles. The first kappa shape index (κ1) is 15.5. The van der Waals surface area contributed by atoms with Crippen LogP contribution in [0.4, 0.5) is 0 Å². The minimum Gasteiger partial charge on any atom is -0.388 e. The molecule has 4 atom stereocenters. The SMILES string of the molecule is Cc1cccc(C(O)CCN2CC(C)CC(C)C2C)c1. The summed E-state index contributed by atoms with van der Waals surface area (Å²) < 4.78 is 0. The summed E-state index contributed by atoms with van der Waals surface area (Å²) in [4.78, 5) is 2.55. The van der Waals surface area contributed by atoms with E-state index in [0.717, 1.165) is 30.4 Å². The van der Waals surface area contributed by atoms with Crippen molar-refractivity contribution in [2.45, 2.75) is 52.7 Å². The second-order valence-electron chi connectivity index (χ2n) is 6.77. The summed E-state index contributed by atoms with van der Waals surface area (Å²) >= 11 is 0. The average molecular weight is 275 g/mol. The van der Waals surface area contributed by atoms with E-state index in [0.29, 0.717) is 6.04 Å². The predicted molar refractivity (Wildman–Crippen MR) is 84.7 cm³/mol. The molecule has 2 nitrogen and oxygen atoms in total. The van der Waals surface area contributed by atoms with Crippen LogP contribution in [0.2, 0.25) is 0 Å². The van der Waals surface area contributed by atoms with Crippen molar-refractivity contribution in [3.8, 4) is 0 Å². The first-order valence-corrected chi connectivity index (χ1v) is 7.96. The van der Waals surface area contributed by atoms with Gasteiger partial charge in [-0.05, 0) is 44.1 Å². The largest absolute Gasteiger partial charge is 0.388 e. The molecule has 1 N–H and O–H groups in total. The molecule has 1 aliphatic heterocycles. The highest BCUT2D eigenvalue weighted by Crippen LogP contribution is 2.28. The molecule has 0 bridgehead atoms. The topological polar surface area (TPSA) is 23.5 Å². The Hall–Kier alpha value is -0.860. The number of aryl methyl sites for hydroxylation is 1. The molecule has 0 aromatic heterocycles. The quantitative estimate of drug-likeness (QED) is 0.904. The van der Waals surface area contributed by atoms with Gasteiger partial charge in [-0.25, -0.2) is 0 Å². The Labute approximate surface area is 123 Å². The molecular formula is C18H29NO. The molecule has 0 spiro atoms. The fourth-order valence-electron chi connectivity index (χ4n) is 3.46. The molecule has 1 aromatic rings. The fraction of sp³-hybridized carbons (Fsp3) is 0.667. The van der Waals surface area contributed by atoms with E-state index < -0.39 is 0 Å². The van der Waals surface area contributed by atoms with E-state index in [-0.39, 0.29) is 6.10 Å². The van der Waals surface area contributed by atoms with Crippen molar-refractivity contribution >= 4 is 0 Å². The number of benzene rings is 1. The van der Waals surface area contributed by atoms with Gasteiger partial charge in [0.15, 0.2) is 0 Å². The van der Waals surface area contributed by atoms with E-state index in [1.54, 1.807) is 0 Å². The Bertz CT molecular complexity index is 431. The maximum Gasteiger partial charge on any atom is 0.0802 e. The van der Waals surface area contributed by atoms with Crippen molar-refractivity contribution in [1.29, 1.82) is 0 Å². The maximum absolute atomic E-state index is 10.4. The summed E-state index contributed by atoms with van der Waals surface area (Å²) in [5.74, 6) is 1.53. The molecule has 4 unspecified atom stereocenters. The van der Waals surface area contributed by atoms with Crippen LogP contribution < -0.4 is 0 Å². The lowest BCUT2D eigenvalue weighted by molar-refractivity contribution is 0.0599. The van der Waals surface area contributed by atoms with Gasteiger partial charge in [0.25, 0.3) is 0 Å². The highest BCUT2D eigenvalue weighted by Gasteiger charge is 2.28. The summed E-state index contributed by atoms with van der Waals surface area (Å²) in [7, 11) is 0. The van der Waals surface area contributed by atoms with Gasteiger partial charge in [-0.2, -0.15) is 0 Å². The molecule has 0 amide bonds. The normalized spacial score (nSPS) is 29.4. The first-order chi connectivity index (χ1) is 9.47. The van der Waals surface area contributed by atoms with Crippen molar-refractivity contribution in [2.75, 3.05) is 13.1 Å². The maximum atomic E-state index is 10.4. The van der Waals surface area contributed by atoms with Crippen molar-refractivity contribution in [1.82, 2.24) is 4.90 Å². The lowest BCUT2D eigenvalue weighted by atomic mass is 9.86. The summed E-state index contributed by atoms with van der Waals surface area (Å²) in [6.45, 7) is 11.3. The second kappa shape index (κ2) is 6.73. The number of aliphatic hydroxyl groups is 1. The second-order valence-corrected chi connectivity index (χ2v) is 6.77. The van der Waals surface area contributed by atoms with Gasteiger partial charge >= 0.3 is 0 Å². The van der Waals surface area contributed by atoms with Crippen LogP contribution in [0.25, 0.3) is 0 Å². The molecule has 0 saturated carbocycles. The van der Waals surface area contributed by atoms with Crippen LogP contribution >= 0.6 is 0 Å². The number of hydrogen-bond acceptors (Lipinski definition) is 2. The number of likely N-dealkylation sites (tertiary alicyclic amines) is 1. The molecule has 0 radical (unpaired) electrons. The van der Waals surface area contributed by atoms with Crippen LogP contribution in [0.1, 0.15) is 50.8 Å². The van der Waals surface area contributed by atoms with Gasteiger partial charge in [0.05, 0.1) is 6.10 Å². The van der Waals surface area contributed by atoms with Gasteiger partial charge in [0, 0.05) is 19.1 Å². The third-order valence-corrected chi connectivity index (χ3v) is 4.84. The van der Waals surface area contributed by atoms with E-state index in [1.165, 1.54) is 18.5 Å². The van der Waals surface area contributed by atoms with Gasteiger partial charge in [0.2, 0.25) is 0 Å². The van der Waals surface area contributed by atoms with E-state index in [9.17, 15) is 5.11 Å². The number of piperidine rings is 1. The Morgan fingerprint density at radius 2 is 2.05 bits per heavy atom. The van der Waals surface area contributed by atoms with Crippen LogP contribution in [0.15, 0.2) is 24.3 Å². The van der Waals surface area contributed by atoms with Crippen molar-refractivity contribution in [3.63, 3.8) is 0 Å². The molecule has 20 heavy (non-hydrogen) atoms. The number of nitrogens with zero attached hydrogens (tertiary/aromatic N) is 1. The Morgan fingerprint density at radius 3 is 2.75 bits per heavy atom. The van der Waals surface area contributed by atoms with Crippen LogP contribution in [-0.4, -0.2) is 29.1 Å². The van der Waals surface area contributed by atoms with Crippen molar-refractivity contribution < 1.29 is 5.11 Å². The Morgan fingerprint density at radius 1 is 1.30 bits per heavy atom. The molecule has 112 valence electrons. The molecule has 2 heteroatoms. The highest BCUT2D eigenvalue weighted by molar-refractivity contribution is 5.23. The molecule has 1 fully saturated rings. The zero-order valence-electron chi connectivity index (χ0n) is 13.3. The van der Waals surface area contributed by atoms with Crippen LogP contribution in [0.5, 0.6) is 0 Å². The van der Waals surface area contributed by atoms with E-state index >= 15 is 0 Å². The first-order valence-electron chi connectivity index (χ1n) is 7.96. The van der Waals surface area contributed by atoms with Gasteiger partial charge in [-0.1, -0.05) is 43.7 Å². The summed E-state index contributed by atoms with van der Waals surface area (Å²) in [6.07, 6.45) is 1.82. The minimum absolute atomic E-state index is 0.338. The third-order valence-electron chi connectivity index (χ3n) is 4.84. The molecule has 2 rings (SSSR count). The lowest BCUT2D eigenvalue weighted by Gasteiger charge is -2.41. The summed E-state index contributed by atoms with van der Waals surface area (Å²) in [5.41, 5.74) is 2.27. The van der Waals surface area contributed by atoms with Gasteiger partial charge in [-0.3, -0.25) is 0 Å². The van der Waals surface area contributed by atoms with Gasteiger partial charge in [0.1, 0.15) is 0 Å². The molecule has 1 aliphatic rings. The highest BCUT2D eigenvalue weighted by atomic mass is 16.3.